The third kappa shape index (κ3) is 2.88. The van der Waals surface area contributed by atoms with Crippen molar-refractivity contribution in [2.45, 2.75) is 33.2 Å². The van der Waals surface area contributed by atoms with Crippen molar-refractivity contribution in [3.63, 3.8) is 0 Å². The Bertz CT molecular complexity index is 614. The summed E-state index contributed by atoms with van der Waals surface area (Å²) in [4.78, 5) is 11.5. The normalized spacial score (nSPS) is 10.8. The van der Waals surface area contributed by atoms with Crippen LogP contribution in [0.3, 0.4) is 0 Å². The smallest absolute Gasteiger partial charge is 0.250 e. The topological polar surface area (TPSA) is 48.0 Å². The van der Waals surface area contributed by atoms with Gasteiger partial charge in [-0.3, -0.25) is 4.79 Å². The molecule has 0 fully saturated rings. The van der Waals surface area contributed by atoms with E-state index in [4.69, 9.17) is 17.3 Å². The monoisotopic (exact) mass is 290 g/mol. The van der Waals surface area contributed by atoms with Gasteiger partial charge in [-0.2, -0.15) is 0 Å². The van der Waals surface area contributed by atoms with Gasteiger partial charge in [0, 0.05) is 23.0 Å². The van der Waals surface area contributed by atoms with Gasteiger partial charge in [0.1, 0.15) is 0 Å². The molecule has 1 amide bonds. The number of nitrogens with two attached hydrogens (primary N) is 1. The van der Waals surface area contributed by atoms with Crippen LogP contribution in [0.5, 0.6) is 0 Å². The van der Waals surface area contributed by atoms with Gasteiger partial charge in [0.2, 0.25) is 0 Å². The number of amides is 1. The van der Waals surface area contributed by atoms with Crippen LogP contribution in [-0.4, -0.2) is 10.5 Å². The highest BCUT2D eigenvalue weighted by Crippen LogP contribution is 2.27. The number of halogens is 1. The Morgan fingerprint density at radius 1 is 1.30 bits per heavy atom. The maximum atomic E-state index is 11.5. The highest BCUT2D eigenvalue weighted by atomic mass is 35.5. The van der Waals surface area contributed by atoms with Crippen LogP contribution in [0.15, 0.2) is 30.3 Å². The number of rotatable bonds is 5. The van der Waals surface area contributed by atoms with E-state index in [-0.39, 0.29) is 5.91 Å². The van der Waals surface area contributed by atoms with Crippen LogP contribution >= 0.6 is 11.6 Å². The van der Waals surface area contributed by atoms with E-state index in [1.165, 1.54) is 0 Å². The van der Waals surface area contributed by atoms with Crippen molar-refractivity contribution < 1.29 is 4.79 Å². The fourth-order valence-corrected chi connectivity index (χ4v) is 2.48. The molecule has 1 aromatic carbocycles. The number of nitrogens with zero attached hydrogens (tertiary/aromatic N) is 1. The molecule has 0 aliphatic rings. The fourth-order valence-electron chi connectivity index (χ4n) is 2.36. The molecular formula is C16H19ClN2O. The van der Waals surface area contributed by atoms with Gasteiger partial charge in [-0.05, 0) is 37.1 Å². The standard InChI is InChI=1S/C16H19ClN2O/c1-3-4-9-19-11(2)14(16(18)20)10-15(19)12-5-7-13(17)8-6-12/h5-8,10H,3-4,9H2,1-2H3,(H2,18,20). The lowest BCUT2D eigenvalue weighted by molar-refractivity contribution is 0.0999. The summed E-state index contributed by atoms with van der Waals surface area (Å²) in [7, 11) is 0. The molecule has 4 heteroatoms. The van der Waals surface area contributed by atoms with Crippen molar-refractivity contribution >= 4 is 17.5 Å². The van der Waals surface area contributed by atoms with Gasteiger partial charge in [-0.15, -0.1) is 0 Å². The molecule has 0 spiro atoms. The molecule has 0 radical (unpaired) electrons. The number of carbonyl (C=O) groups excluding carboxylic acids is 1. The van der Waals surface area contributed by atoms with Crippen molar-refractivity contribution in [2.75, 3.05) is 0 Å². The number of carbonyl (C=O) groups is 1. The summed E-state index contributed by atoms with van der Waals surface area (Å²) >= 11 is 5.93. The largest absolute Gasteiger partial charge is 0.366 e. The van der Waals surface area contributed by atoms with Crippen molar-refractivity contribution in [1.29, 1.82) is 0 Å². The summed E-state index contributed by atoms with van der Waals surface area (Å²) in [5.41, 5.74) is 9.03. The number of hydrogen-bond acceptors (Lipinski definition) is 1. The zero-order valence-corrected chi connectivity index (χ0v) is 12.6. The average molecular weight is 291 g/mol. The summed E-state index contributed by atoms with van der Waals surface area (Å²) in [6.45, 7) is 4.97. The molecule has 0 atom stereocenters. The van der Waals surface area contributed by atoms with Crippen LogP contribution in [0.25, 0.3) is 11.3 Å². The van der Waals surface area contributed by atoms with Crippen LogP contribution < -0.4 is 5.73 Å². The minimum atomic E-state index is -0.382. The molecule has 1 heterocycles. The van der Waals surface area contributed by atoms with Crippen molar-refractivity contribution in [2.24, 2.45) is 5.73 Å². The number of hydrogen-bond donors (Lipinski definition) is 1. The predicted octanol–water partition coefficient (Wildman–Crippen LogP) is 4.02. The summed E-state index contributed by atoms with van der Waals surface area (Å²) in [6, 6.07) is 9.51. The molecule has 106 valence electrons. The van der Waals surface area contributed by atoms with E-state index >= 15 is 0 Å². The van der Waals surface area contributed by atoms with Crippen LogP contribution in [0, 0.1) is 6.92 Å². The molecule has 3 nitrogen and oxygen atoms in total. The molecule has 2 N–H and O–H groups in total. The van der Waals surface area contributed by atoms with Gasteiger partial charge < -0.3 is 10.3 Å². The van der Waals surface area contributed by atoms with E-state index in [0.717, 1.165) is 36.3 Å². The quantitative estimate of drug-likeness (QED) is 0.888. The lowest BCUT2D eigenvalue weighted by atomic mass is 10.1. The Labute approximate surface area is 124 Å². The van der Waals surface area contributed by atoms with E-state index in [9.17, 15) is 4.79 Å². The van der Waals surface area contributed by atoms with Crippen molar-refractivity contribution in [3.8, 4) is 11.3 Å². The molecule has 0 saturated carbocycles. The Morgan fingerprint density at radius 3 is 2.50 bits per heavy atom. The van der Waals surface area contributed by atoms with E-state index < -0.39 is 0 Å². The number of aromatic nitrogens is 1. The number of unbranched alkanes of at least 4 members (excludes halogenated alkanes) is 1. The zero-order valence-electron chi connectivity index (χ0n) is 11.8. The first-order chi connectivity index (χ1) is 9.54. The van der Waals surface area contributed by atoms with E-state index in [2.05, 4.69) is 11.5 Å². The van der Waals surface area contributed by atoms with Gasteiger partial charge in [0.15, 0.2) is 0 Å². The van der Waals surface area contributed by atoms with Gasteiger partial charge in [-0.25, -0.2) is 0 Å². The molecule has 1 aromatic heterocycles. The average Bonchev–Trinajstić information content (AvgIpc) is 2.75. The lowest BCUT2D eigenvalue weighted by Crippen LogP contribution is -2.12. The van der Waals surface area contributed by atoms with Crippen LogP contribution in [0.1, 0.15) is 35.8 Å². The highest BCUT2D eigenvalue weighted by Gasteiger charge is 2.16. The Balaban J connectivity index is 2.52. The molecule has 0 saturated heterocycles. The Morgan fingerprint density at radius 2 is 1.95 bits per heavy atom. The number of primary amides is 1. The molecule has 0 aliphatic heterocycles. The van der Waals surface area contributed by atoms with Gasteiger partial charge in [0.25, 0.3) is 5.91 Å². The summed E-state index contributed by atoms with van der Waals surface area (Å²) in [5, 5.41) is 0.701. The third-order valence-corrected chi connectivity index (χ3v) is 3.76. The molecule has 0 bridgehead atoms. The Hall–Kier alpha value is -1.74. The first-order valence-corrected chi connectivity index (χ1v) is 7.18. The van der Waals surface area contributed by atoms with E-state index in [0.29, 0.717) is 10.6 Å². The van der Waals surface area contributed by atoms with Crippen LogP contribution in [-0.2, 0) is 6.54 Å². The second kappa shape index (κ2) is 6.14. The zero-order chi connectivity index (χ0) is 14.7. The summed E-state index contributed by atoms with van der Waals surface area (Å²) in [6.07, 6.45) is 2.16. The molecule has 2 rings (SSSR count). The number of benzene rings is 1. The van der Waals surface area contributed by atoms with Crippen molar-refractivity contribution in [1.82, 2.24) is 4.57 Å². The second-order valence-corrected chi connectivity index (χ2v) is 5.34. The predicted molar refractivity (Wildman–Crippen MR) is 83.0 cm³/mol. The van der Waals surface area contributed by atoms with Gasteiger partial charge in [0.05, 0.1) is 5.56 Å². The van der Waals surface area contributed by atoms with E-state index in [1.54, 1.807) is 0 Å². The third-order valence-electron chi connectivity index (χ3n) is 3.51. The first-order valence-electron chi connectivity index (χ1n) is 6.80. The lowest BCUT2D eigenvalue weighted by Gasteiger charge is -2.11. The highest BCUT2D eigenvalue weighted by molar-refractivity contribution is 6.30. The van der Waals surface area contributed by atoms with E-state index in [1.807, 2.05) is 37.3 Å². The van der Waals surface area contributed by atoms with Gasteiger partial charge >= 0.3 is 0 Å². The van der Waals surface area contributed by atoms with Crippen LogP contribution in [0.4, 0.5) is 0 Å². The fraction of sp³-hybridized carbons (Fsp3) is 0.312. The molecular weight excluding hydrogens is 272 g/mol. The van der Waals surface area contributed by atoms with Crippen LogP contribution in [0.2, 0.25) is 5.02 Å². The molecule has 20 heavy (non-hydrogen) atoms. The van der Waals surface area contributed by atoms with Crippen molar-refractivity contribution in [3.05, 3.63) is 46.6 Å². The molecule has 0 aliphatic carbocycles. The summed E-state index contributed by atoms with van der Waals surface area (Å²) < 4.78 is 2.16. The molecule has 0 unspecified atom stereocenters. The minimum Gasteiger partial charge on any atom is -0.366 e. The SMILES string of the molecule is CCCCn1c(-c2ccc(Cl)cc2)cc(C(N)=O)c1C. The summed E-state index contributed by atoms with van der Waals surface area (Å²) in [5.74, 6) is -0.382. The minimum absolute atomic E-state index is 0.382. The second-order valence-electron chi connectivity index (χ2n) is 4.90. The maximum Gasteiger partial charge on any atom is 0.250 e. The molecule has 2 aromatic rings. The Kier molecular flexibility index (Phi) is 4.50. The maximum absolute atomic E-state index is 11.5. The van der Waals surface area contributed by atoms with Gasteiger partial charge in [-0.1, -0.05) is 37.1 Å². The first kappa shape index (κ1) is 14.7.